The molecule has 2 aliphatic rings. The van der Waals surface area contributed by atoms with Crippen molar-refractivity contribution in [3.05, 3.63) is 71.8 Å². The molecule has 2 aromatic carbocycles. The van der Waals surface area contributed by atoms with E-state index in [-0.39, 0.29) is 48.8 Å². The van der Waals surface area contributed by atoms with Crippen molar-refractivity contribution in [1.82, 2.24) is 36.4 Å². The molecule has 0 aliphatic carbocycles. The predicted molar refractivity (Wildman–Crippen MR) is 252 cm³/mol. The Morgan fingerprint density at radius 3 is 1.59 bits per heavy atom. The number of nitrogens with zero attached hydrogens (tertiary/aromatic N) is 2. The lowest BCUT2D eigenvalue weighted by Crippen LogP contribution is -2.63. The summed E-state index contributed by atoms with van der Waals surface area (Å²) in [6.45, 7) is 18.8. The highest BCUT2D eigenvalue weighted by Gasteiger charge is 2.47. The summed E-state index contributed by atoms with van der Waals surface area (Å²) in [5.74, 6) is -1.93. The number of nitrogens with one attached hydrogen (secondary N) is 5. The highest BCUT2D eigenvalue weighted by Crippen LogP contribution is 2.40. The summed E-state index contributed by atoms with van der Waals surface area (Å²) in [5, 5.41) is 14.2. The molecule has 5 N–H and O–H groups in total. The van der Waals surface area contributed by atoms with Crippen molar-refractivity contribution >= 4 is 41.7 Å². The molecule has 16 heteroatoms. The van der Waals surface area contributed by atoms with E-state index in [1.807, 2.05) is 86.3 Å². The molecular formula is C50H75N7O9. The standard InChI is InChI=1S/C50H75N7O9/c1-10-41(58)57-32-50(33-57)24-27-56(28-25-50)45(62)37(23-17-18-26-51-46(63)65-48(4,5)6)52-42(59)38(29-34(2)3)53-43(60)39(30-35-19-13-11-14-20-35)54-44(61)40(31-36-21-15-12-16-22-36)55-47(64)66-49(7,8)9/h11-16,19-22,34,37-40H,10,17-18,23-33H2,1-9H3,(H,51,63)(H,52,59)(H,53,60)(H,54,61)(H,55,64). The van der Waals surface area contributed by atoms with E-state index in [0.717, 1.165) is 24.0 Å². The van der Waals surface area contributed by atoms with Crippen molar-refractivity contribution in [3.8, 4) is 0 Å². The number of amides is 7. The maximum atomic E-state index is 14.4. The first kappa shape index (κ1) is 52.9. The maximum absolute atomic E-state index is 14.4. The molecule has 4 rings (SSSR count). The summed E-state index contributed by atoms with van der Waals surface area (Å²) >= 11 is 0. The third-order valence-electron chi connectivity index (χ3n) is 11.6. The van der Waals surface area contributed by atoms with Gasteiger partial charge in [0.2, 0.25) is 29.5 Å². The van der Waals surface area contributed by atoms with Gasteiger partial charge in [0, 0.05) is 57.4 Å². The molecule has 2 heterocycles. The van der Waals surface area contributed by atoms with Gasteiger partial charge in [-0.05, 0) is 97.1 Å². The first-order valence-corrected chi connectivity index (χ1v) is 23.6. The zero-order valence-corrected chi connectivity index (χ0v) is 40.6. The average Bonchev–Trinajstić information content (AvgIpc) is 3.23. The molecule has 2 aliphatic heterocycles. The molecule has 16 nitrogen and oxygen atoms in total. The molecule has 0 bridgehead atoms. The molecule has 0 saturated carbocycles. The first-order valence-electron chi connectivity index (χ1n) is 23.6. The van der Waals surface area contributed by atoms with E-state index in [4.69, 9.17) is 9.47 Å². The monoisotopic (exact) mass is 918 g/mol. The lowest BCUT2D eigenvalue weighted by Gasteiger charge is -2.54. The number of rotatable bonds is 20. The van der Waals surface area contributed by atoms with Crippen LogP contribution in [0.15, 0.2) is 60.7 Å². The Hall–Kier alpha value is -5.67. The summed E-state index contributed by atoms with van der Waals surface area (Å²) < 4.78 is 10.8. The second kappa shape index (κ2) is 24.2. The van der Waals surface area contributed by atoms with Crippen LogP contribution >= 0.6 is 0 Å². The lowest BCUT2D eigenvalue weighted by atomic mass is 9.71. The second-order valence-corrected chi connectivity index (χ2v) is 20.2. The zero-order chi connectivity index (χ0) is 48.7. The van der Waals surface area contributed by atoms with Crippen molar-refractivity contribution in [3.63, 3.8) is 0 Å². The van der Waals surface area contributed by atoms with E-state index < -0.39 is 65.3 Å². The number of likely N-dealkylation sites (tertiary alicyclic amines) is 2. The van der Waals surface area contributed by atoms with E-state index in [0.29, 0.717) is 52.0 Å². The zero-order valence-electron chi connectivity index (χ0n) is 40.6. The minimum atomic E-state index is -1.16. The van der Waals surface area contributed by atoms with Gasteiger partial charge in [0.1, 0.15) is 35.4 Å². The van der Waals surface area contributed by atoms with E-state index in [1.54, 1.807) is 46.4 Å². The molecule has 0 radical (unpaired) electrons. The summed E-state index contributed by atoms with van der Waals surface area (Å²) in [6, 6.07) is 14.1. The number of carbonyl (C=O) groups excluding carboxylic acids is 7. The molecule has 2 aromatic rings. The summed E-state index contributed by atoms with van der Waals surface area (Å²) in [7, 11) is 0. The minimum absolute atomic E-state index is 0.0145. The molecule has 2 fully saturated rings. The number of unbranched alkanes of at least 4 members (excludes halogenated alkanes) is 1. The smallest absolute Gasteiger partial charge is 0.408 e. The molecular weight excluding hydrogens is 843 g/mol. The fourth-order valence-electron chi connectivity index (χ4n) is 8.22. The maximum Gasteiger partial charge on any atom is 0.408 e. The van der Waals surface area contributed by atoms with Gasteiger partial charge in [0.15, 0.2) is 0 Å². The third kappa shape index (κ3) is 17.6. The van der Waals surface area contributed by atoms with Gasteiger partial charge in [-0.2, -0.15) is 0 Å². The molecule has 4 atom stereocenters. The van der Waals surface area contributed by atoms with Crippen LogP contribution < -0.4 is 26.6 Å². The van der Waals surface area contributed by atoms with Crippen molar-refractivity contribution in [2.24, 2.45) is 11.3 Å². The Balaban J connectivity index is 1.53. The summed E-state index contributed by atoms with van der Waals surface area (Å²) in [4.78, 5) is 98.5. The second-order valence-electron chi connectivity index (χ2n) is 20.2. The topological polar surface area (TPSA) is 205 Å². The largest absolute Gasteiger partial charge is 0.444 e. The van der Waals surface area contributed by atoms with Gasteiger partial charge in [0.25, 0.3) is 0 Å². The fraction of sp³-hybridized carbons (Fsp3) is 0.620. The Bertz CT molecular complexity index is 1930. The molecule has 0 aromatic heterocycles. The van der Waals surface area contributed by atoms with Crippen LogP contribution in [0.3, 0.4) is 0 Å². The molecule has 2 saturated heterocycles. The SMILES string of the molecule is CCC(=O)N1CC2(CCN(C(=O)C(CCCCNC(=O)OC(C)(C)C)NC(=O)C(CC(C)C)NC(=O)C(Cc3ccccc3)NC(=O)C(Cc3ccccc3)NC(=O)OC(C)(C)C)CC2)C1. The molecule has 66 heavy (non-hydrogen) atoms. The van der Waals surface area contributed by atoms with Gasteiger partial charge < -0.3 is 45.9 Å². The van der Waals surface area contributed by atoms with Crippen LogP contribution in [0, 0.1) is 11.3 Å². The van der Waals surface area contributed by atoms with Gasteiger partial charge in [-0.1, -0.05) is 81.4 Å². The molecule has 1 spiro atoms. The quantitative estimate of drug-likeness (QED) is 0.108. The van der Waals surface area contributed by atoms with Crippen LogP contribution in [0.25, 0.3) is 0 Å². The van der Waals surface area contributed by atoms with Gasteiger partial charge in [-0.15, -0.1) is 0 Å². The van der Waals surface area contributed by atoms with Crippen LogP contribution in [0.4, 0.5) is 9.59 Å². The van der Waals surface area contributed by atoms with Gasteiger partial charge in [-0.25, -0.2) is 9.59 Å². The summed E-state index contributed by atoms with van der Waals surface area (Å²) in [5.41, 5.74) is 0.0374. The number of hydrogen-bond donors (Lipinski definition) is 5. The van der Waals surface area contributed by atoms with E-state index in [9.17, 15) is 33.6 Å². The molecule has 7 amide bonds. The molecule has 4 unspecified atom stereocenters. The Morgan fingerprint density at radius 1 is 0.621 bits per heavy atom. The van der Waals surface area contributed by atoms with Crippen molar-refractivity contribution in [2.45, 2.75) is 155 Å². The minimum Gasteiger partial charge on any atom is -0.444 e. The first-order chi connectivity index (χ1) is 31.0. The van der Waals surface area contributed by atoms with Crippen LogP contribution in [0.5, 0.6) is 0 Å². The average molecular weight is 918 g/mol. The number of alkyl carbamates (subject to hydrolysis) is 2. The highest BCUT2D eigenvalue weighted by atomic mass is 16.6. The molecule has 364 valence electrons. The highest BCUT2D eigenvalue weighted by molar-refractivity contribution is 5.95. The number of piperidine rings is 1. The Labute approximate surface area is 391 Å². The van der Waals surface area contributed by atoms with Crippen LogP contribution in [-0.2, 0) is 46.3 Å². The van der Waals surface area contributed by atoms with Crippen molar-refractivity contribution in [2.75, 3.05) is 32.7 Å². The van der Waals surface area contributed by atoms with Gasteiger partial charge in [-0.3, -0.25) is 24.0 Å². The Morgan fingerprint density at radius 2 is 1.09 bits per heavy atom. The van der Waals surface area contributed by atoms with Gasteiger partial charge >= 0.3 is 12.2 Å². The van der Waals surface area contributed by atoms with E-state index in [1.165, 1.54) is 0 Å². The van der Waals surface area contributed by atoms with E-state index in [2.05, 4.69) is 26.6 Å². The number of benzene rings is 2. The predicted octanol–water partition coefficient (Wildman–Crippen LogP) is 5.42. The summed E-state index contributed by atoms with van der Waals surface area (Å²) in [6.07, 6.45) is 2.34. The van der Waals surface area contributed by atoms with Gasteiger partial charge in [0.05, 0.1) is 0 Å². The van der Waals surface area contributed by atoms with Crippen LogP contribution in [-0.4, -0.2) is 120 Å². The number of hydrogen-bond acceptors (Lipinski definition) is 9. The van der Waals surface area contributed by atoms with Crippen LogP contribution in [0.1, 0.15) is 118 Å². The number of ether oxygens (including phenoxy) is 2. The normalized spacial score (nSPS) is 16.5. The Kier molecular flexibility index (Phi) is 19.4. The van der Waals surface area contributed by atoms with Crippen LogP contribution in [0.2, 0.25) is 0 Å². The van der Waals surface area contributed by atoms with Crippen molar-refractivity contribution < 1.29 is 43.0 Å². The lowest BCUT2D eigenvalue weighted by molar-refractivity contribution is -0.151. The third-order valence-corrected chi connectivity index (χ3v) is 11.6. The number of carbonyl (C=O) groups is 7. The van der Waals surface area contributed by atoms with E-state index >= 15 is 0 Å². The fourth-order valence-corrected chi connectivity index (χ4v) is 8.22. The van der Waals surface area contributed by atoms with Crippen molar-refractivity contribution in [1.29, 1.82) is 0 Å².